The average molecular weight is 380 g/mol. The Balaban J connectivity index is 1.87. The number of hydrogen-bond donors (Lipinski definition) is 1. The Morgan fingerprint density at radius 2 is 1.92 bits per heavy atom. The number of benzene rings is 1. The van der Waals surface area contributed by atoms with Gasteiger partial charge in [-0.25, -0.2) is 13.1 Å². The molecule has 1 N–H and O–H groups in total. The molecule has 1 aromatic carbocycles. The Hall–Kier alpha value is -1.33. The van der Waals surface area contributed by atoms with E-state index in [2.05, 4.69) is 24.6 Å². The molecule has 1 saturated carbocycles. The van der Waals surface area contributed by atoms with Gasteiger partial charge in [0, 0.05) is 6.04 Å². The van der Waals surface area contributed by atoms with Crippen LogP contribution < -0.4 is 9.46 Å². The molecule has 0 bridgehead atoms. The van der Waals surface area contributed by atoms with E-state index in [1.54, 1.807) is 0 Å². The van der Waals surface area contributed by atoms with Gasteiger partial charge in [-0.05, 0) is 69.1 Å². The van der Waals surface area contributed by atoms with E-state index < -0.39 is 10.0 Å². The minimum Gasteiger partial charge on any atom is -0.490 e. The van der Waals surface area contributed by atoms with Crippen LogP contribution in [0.2, 0.25) is 0 Å². The molecular formula is C21H33NO3S. The van der Waals surface area contributed by atoms with Gasteiger partial charge in [-0.2, -0.15) is 0 Å². The molecule has 1 atom stereocenters. The minimum absolute atomic E-state index is 0.115. The highest BCUT2D eigenvalue weighted by molar-refractivity contribution is 7.89. The van der Waals surface area contributed by atoms with E-state index in [0.29, 0.717) is 18.4 Å². The van der Waals surface area contributed by atoms with Crippen molar-refractivity contribution in [3.05, 3.63) is 42.0 Å². The second-order valence-electron chi connectivity index (χ2n) is 7.64. The average Bonchev–Trinajstić information content (AvgIpc) is 3.07. The Bertz CT molecular complexity index is 676. The zero-order chi connectivity index (χ0) is 19.0. The maximum Gasteiger partial charge on any atom is 0.212 e. The van der Waals surface area contributed by atoms with Crippen molar-refractivity contribution in [3.8, 4) is 5.75 Å². The van der Waals surface area contributed by atoms with E-state index in [1.165, 1.54) is 12.8 Å². The molecule has 1 aromatic rings. The Morgan fingerprint density at radius 3 is 2.62 bits per heavy atom. The lowest BCUT2D eigenvalue weighted by molar-refractivity contribution is 0.210. The third-order valence-electron chi connectivity index (χ3n) is 4.65. The summed E-state index contributed by atoms with van der Waals surface area (Å²) in [6.07, 6.45) is 10.5. The third kappa shape index (κ3) is 7.50. The van der Waals surface area contributed by atoms with Crippen molar-refractivity contribution in [3.63, 3.8) is 0 Å². The lowest BCUT2D eigenvalue weighted by atomic mass is 10.1. The summed E-state index contributed by atoms with van der Waals surface area (Å²) in [5.74, 6) is 1.54. The van der Waals surface area contributed by atoms with Crippen LogP contribution in [-0.4, -0.2) is 20.3 Å². The predicted molar refractivity (Wildman–Crippen MR) is 108 cm³/mol. The molecule has 0 spiro atoms. The summed E-state index contributed by atoms with van der Waals surface area (Å²) >= 11 is 0. The first-order valence-electron chi connectivity index (χ1n) is 9.77. The molecule has 1 fully saturated rings. The lowest BCUT2D eigenvalue weighted by Crippen LogP contribution is -2.29. The molecule has 1 aliphatic rings. The van der Waals surface area contributed by atoms with Crippen LogP contribution in [0.1, 0.15) is 70.9 Å². The van der Waals surface area contributed by atoms with Crippen molar-refractivity contribution < 1.29 is 13.2 Å². The van der Waals surface area contributed by atoms with Crippen molar-refractivity contribution in [1.29, 1.82) is 0 Å². The third-order valence-corrected chi connectivity index (χ3v) is 6.13. The first-order chi connectivity index (χ1) is 12.4. The summed E-state index contributed by atoms with van der Waals surface area (Å²) in [4.78, 5) is 0. The van der Waals surface area contributed by atoms with Crippen molar-refractivity contribution in [2.45, 2.75) is 71.4 Å². The number of sulfonamides is 1. The van der Waals surface area contributed by atoms with E-state index in [9.17, 15) is 8.42 Å². The SMILES string of the molecule is CC(C)C/C=C/CCS(=O)(=O)N[C@H](C)c1cccc(OC2CCCC2)c1. The zero-order valence-corrected chi connectivity index (χ0v) is 17.1. The van der Waals surface area contributed by atoms with Gasteiger partial charge in [0.15, 0.2) is 0 Å². The summed E-state index contributed by atoms with van der Waals surface area (Å²) in [6.45, 7) is 6.17. The second-order valence-corrected chi connectivity index (χ2v) is 9.52. The predicted octanol–water partition coefficient (Wildman–Crippen LogP) is 4.98. The highest BCUT2D eigenvalue weighted by Gasteiger charge is 2.18. The van der Waals surface area contributed by atoms with Gasteiger partial charge in [-0.15, -0.1) is 0 Å². The second kappa shape index (κ2) is 10.1. The van der Waals surface area contributed by atoms with Gasteiger partial charge in [-0.1, -0.05) is 38.1 Å². The van der Waals surface area contributed by atoms with Gasteiger partial charge in [-0.3, -0.25) is 0 Å². The highest BCUT2D eigenvalue weighted by Crippen LogP contribution is 2.26. The Morgan fingerprint density at radius 1 is 1.19 bits per heavy atom. The Labute approximate surface area is 159 Å². The van der Waals surface area contributed by atoms with Gasteiger partial charge < -0.3 is 4.74 Å². The topological polar surface area (TPSA) is 55.4 Å². The van der Waals surface area contributed by atoms with Crippen LogP contribution in [0.4, 0.5) is 0 Å². The molecular weight excluding hydrogens is 346 g/mol. The molecule has 0 saturated heterocycles. The number of allylic oxidation sites excluding steroid dienone is 2. The molecule has 0 amide bonds. The minimum atomic E-state index is -3.31. The normalized spacial score (nSPS) is 17.2. The van der Waals surface area contributed by atoms with Crippen LogP contribution in [0.15, 0.2) is 36.4 Å². The number of ether oxygens (including phenoxy) is 1. The largest absolute Gasteiger partial charge is 0.490 e. The van der Waals surface area contributed by atoms with Crippen LogP contribution in [0.3, 0.4) is 0 Å². The van der Waals surface area contributed by atoms with Crippen LogP contribution in [-0.2, 0) is 10.0 Å². The maximum absolute atomic E-state index is 12.3. The molecule has 146 valence electrons. The van der Waals surface area contributed by atoms with Crippen molar-refractivity contribution >= 4 is 10.0 Å². The molecule has 5 heteroatoms. The zero-order valence-electron chi connectivity index (χ0n) is 16.3. The van der Waals surface area contributed by atoms with Gasteiger partial charge in [0.25, 0.3) is 0 Å². The number of nitrogens with one attached hydrogen (secondary N) is 1. The first-order valence-corrected chi connectivity index (χ1v) is 11.4. The molecule has 26 heavy (non-hydrogen) atoms. The summed E-state index contributed by atoms with van der Waals surface area (Å²) in [5, 5.41) is 0. The number of rotatable bonds is 10. The van der Waals surface area contributed by atoms with E-state index in [4.69, 9.17) is 4.74 Å². The van der Waals surface area contributed by atoms with Crippen LogP contribution in [0, 0.1) is 5.92 Å². The van der Waals surface area contributed by atoms with Crippen LogP contribution in [0.5, 0.6) is 5.75 Å². The lowest BCUT2D eigenvalue weighted by Gasteiger charge is -2.17. The molecule has 4 nitrogen and oxygen atoms in total. The van der Waals surface area contributed by atoms with Crippen molar-refractivity contribution in [2.24, 2.45) is 5.92 Å². The maximum atomic E-state index is 12.3. The highest BCUT2D eigenvalue weighted by atomic mass is 32.2. The van der Waals surface area contributed by atoms with Crippen LogP contribution in [0.25, 0.3) is 0 Å². The smallest absolute Gasteiger partial charge is 0.212 e. The molecule has 0 aliphatic heterocycles. The molecule has 0 heterocycles. The van der Waals surface area contributed by atoms with Gasteiger partial charge in [0.2, 0.25) is 10.0 Å². The molecule has 1 aliphatic carbocycles. The summed E-state index contributed by atoms with van der Waals surface area (Å²) in [6, 6.07) is 7.50. The number of hydrogen-bond acceptors (Lipinski definition) is 3. The monoisotopic (exact) mass is 379 g/mol. The van der Waals surface area contributed by atoms with E-state index in [-0.39, 0.29) is 11.8 Å². The molecule has 2 rings (SSSR count). The molecule has 0 unspecified atom stereocenters. The van der Waals surface area contributed by atoms with Crippen LogP contribution >= 0.6 is 0 Å². The van der Waals surface area contributed by atoms with Gasteiger partial charge in [0.1, 0.15) is 5.75 Å². The quantitative estimate of drug-likeness (QED) is 0.583. The fourth-order valence-electron chi connectivity index (χ4n) is 3.16. The van der Waals surface area contributed by atoms with E-state index in [0.717, 1.165) is 30.6 Å². The fraction of sp³-hybridized carbons (Fsp3) is 0.619. The molecule has 0 radical (unpaired) electrons. The summed E-state index contributed by atoms with van der Waals surface area (Å²) in [5.41, 5.74) is 0.930. The van der Waals surface area contributed by atoms with E-state index >= 15 is 0 Å². The van der Waals surface area contributed by atoms with Gasteiger partial charge in [0.05, 0.1) is 11.9 Å². The standard InChI is InChI=1S/C21H33NO3S/c1-17(2)10-5-4-8-15-26(23,24)22-18(3)19-11-9-14-21(16-19)25-20-12-6-7-13-20/h4-5,9,11,14,16-18,20,22H,6-8,10,12-13,15H2,1-3H3/b5-4+/t18-/m1/s1. The summed E-state index contributed by atoms with van der Waals surface area (Å²) in [7, 11) is -3.31. The van der Waals surface area contributed by atoms with Crippen molar-refractivity contribution in [1.82, 2.24) is 4.72 Å². The summed E-state index contributed by atoms with van der Waals surface area (Å²) < 4.78 is 33.4. The molecule has 0 aromatic heterocycles. The first kappa shape index (κ1) is 21.0. The fourth-order valence-corrected chi connectivity index (χ4v) is 4.40. The Kier molecular flexibility index (Phi) is 8.16. The van der Waals surface area contributed by atoms with E-state index in [1.807, 2.05) is 37.3 Å². The van der Waals surface area contributed by atoms with Crippen molar-refractivity contribution in [2.75, 3.05) is 5.75 Å². The van der Waals surface area contributed by atoms with Gasteiger partial charge >= 0.3 is 0 Å².